The first-order chi connectivity index (χ1) is 16.8. The molecule has 1 unspecified atom stereocenters. The molecule has 2 atom stereocenters. The molecule has 1 N–H and O–H groups in total. The van der Waals surface area contributed by atoms with Gasteiger partial charge in [-0.3, -0.25) is 14.5 Å². The molecule has 180 valence electrons. The number of ether oxygens (including phenoxy) is 1. The number of halogens is 2. The van der Waals surface area contributed by atoms with E-state index >= 15 is 0 Å². The van der Waals surface area contributed by atoms with Crippen molar-refractivity contribution in [2.45, 2.75) is 25.3 Å². The summed E-state index contributed by atoms with van der Waals surface area (Å²) in [4.78, 5) is 27.0. The van der Waals surface area contributed by atoms with Crippen LogP contribution in [0, 0.1) is 11.5 Å². The number of benzene rings is 3. The highest BCUT2D eigenvalue weighted by atomic mass is 35.5. The van der Waals surface area contributed by atoms with E-state index in [9.17, 15) is 14.9 Å². The van der Waals surface area contributed by atoms with Crippen LogP contribution in [0.5, 0.6) is 5.75 Å². The van der Waals surface area contributed by atoms with Crippen molar-refractivity contribution >= 4 is 35.0 Å². The third-order valence-corrected chi connectivity index (χ3v) is 6.38. The first-order valence-electron chi connectivity index (χ1n) is 10.9. The average molecular weight is 510 g/mol. The second-order valence-electron chi connectivity index (χ2n) is 8.08. The van der Waals surface area contributed by atoms with E-state index in [0.717, 1.165) is 21.6 Å². The van der Waals surface area contributed by atoms with Crippen LogP contribution in [0.15, 0.2) is 66.7 Å². The topological polar surface area (TPSA) is 82.4 Å². The van der Waals surface area contributed by atoms with Gasteiger partial charge in [-0.25, -0.2) is 0 Å². The van der Waals surface area contributed by atoms with E-state index < -0.39 is 17.9 Å². The molecule has 8 heteroatoms. The smallest absolute Gasteiger partial charge is 0.257 e. The largest absolute Gasteiger partial charge is 0.496 e. The molecule has 3 aromatic rings. The zero-order valence-corrected chi connectivity index (χ0v) is 21.1. The first kappa shape index (κ1) is 26.1. The molecule has 3 aromatic carbocycles. The number of nitriles is 1. The number of rotatable bonds is 8. The number of nitrogens with one attached hydrogen (secondary N) is 1. The molecule has 0 aromatic heterocycles. The molecule has 2 amide bonds. The summed E-state index contributed by atoms with van der Waals surface area (Å²) < 4.78 is 5.44. The minimum atomic E-state index is -0.952. The zero-order chi connectivity index (χ0) is 25.5. The number of likely N-dealkylation sites (N-methyl/N-ethyl adjacent to an activating group) is 1. The third-order valence-electron chi connectivity index (χ3n) is 5.74. The fourth-order valence-corrected chi connectivity index (χ4v) is 4.37. The van der Waals surface area contributed by atoms with Gasteiger partial charge in [0.1, 0.15) is 11.8 Å². The van der Waals surface area contributed by atoms with Gasteiger partial charge in [0.2, 0.25) is 0 Å². The fraction of sp³-hybridized carbons (Fsp3) is 0.222. The van der Waals surface area contributed by atoms with Crippen molar-refractivity contribution in [3.05, 3.63) is 87.9 Å². The van der Waals surface area contributed by atoms with Crippen LogP contribution in [0.3, 0.4) is 0 Å². The lowest BCUT2D eigenvalue weighted by Gasteiger charge is -2.24. The number of para-hydroxylation sites is 1. The Morgan fingerprint density at radius 3 is 2.40 bits per heavy atom. The molecule has 0 fully saturated rings. The summed E-state index contributed by atoms with van der Waals surface area (Å²) in [6, 6.07) is 18.9. The Balaban J connectivity index is 1.86. The van der Waals surface area contributed by atoms with E-state index in [1.807, 2.05) is 49.4 Å². The second kappa shape index (κ2) is 11.7. The summed E-state index contributed by atoms with van der Waals surface area (Å²) in [5, 5.41) is 12.8. The normalized spacial score (nSPS) is 12.2. The summed E-state index contributed by atoms with van der Waals surface area (Å²) >= 11 is 12.7. The molecule has 35 heavy (non-hydrogen) atoms. The van der Waals surface area contributed by atoms with Crippen molar-refractivity contribution in [3.63, 3.8) is 0 Å². The lowest BCUT2D eigenvalue weighted by Crippen LogP contribution is -2.46. The Morgan fingerprint density at radius 2 is 1.74 bits per heavy atom. The molecular weight excluding hydrogens is 485 g/mol. The SMILES string of the molecule is COc1ccccc1C(C)C[C@H](NC(=O)c1ccc(-c2ccccc2Cl)cc1Cl)C(=O)N(C)C#N. The highest BCUT2D eigenvalue weighted by Crippen LogP contribution is 2.32. The van der Waals surface area contributed by atoms with E-state index in [4.69, 9.17) is 27.9 Å². The number of hydrogen-bond acceptors (Lipinski definition) is 4. The van der Waals surface area contributed by atoms with Gasteiger partial charge in [-0.05, 0) is 47.7 Å². The van der Waals surface area contributed by atoms with Crippen molar-refractivity contribution in [1.29, 1.82) is 5.26 Å². The Bertz CT molecular complexity index is 1270. The van der Waals surface area contributed by atoms with Gasteiger partial charge in [-0.15, -0.1) is 0 Å². The molecule has 0 bridgehead atoms. The number of methoxy groups -OCH3 is 1. The monoisotopic (exact) mass is 509 g/mol. The summed E-state index contributed by atoms with van der Waals surface area (Å²) in [6.45, 7) is 1.93. The van der Waals surface area contributed by atoms with Crippen LogP contribution in [0.25, 0.3) is 11.1 Å². The Morgan fingerprint density at radius 1 is 1.06 bits per heavy atom. The Labute approximate surface area is 215 Å². The van der Waals surface area contributed by atoms with Crippen LogP contribution in [-0.2, 0) is 4.79 Å². The van der Waals surface area contributed by atoms with E-state index in [-0.39, 0.29) is 22.9 Å². The van der Waals surface area contributed by atoms with Crippen molar-refractivity contribution in [2.24, 2.45) is 0 Å². The molecule has 0 saturated heterocycles. The summed E-state index contributed by atoms with van der Waals surface area (Å²) in [5.74, 6) is -0.501. The molecule has 0 spiro atoms. The number of amides is 2. The van der Waals surface area contributed by atoms with Crippen LogP contribution >= 0.6 is 23.2 Å². The Kier molecular flexibility index (Phi) is 8.75. The van der Waals surface area contributed by atoms with Crippen molar-refractivity contribution in [1.82, 2.24) is 10.2 Å². The van der Waals surface area contributed by atoms with Crippen molar-refractivity contribution in [3.8, 4) is 23.1 Å². The van der Waals surface area contributed by atoms with Gasteiger partial charge < -0.3 is 10.1 Å². The number of carbonyl (C=O) groups is 2. The van der Waals surface area contributed by atoms with E-state index in [0.29, 0.717) is 10.8 Å². The maximum absolute atomic E-state index is 13.1. The predicted molar refractivity (Wildman–Crippen MR) is 138 cm³/mol. The summed E-state index contributed by atoms with van der Waals surface area (Å²) in [7, 11) is 2.94. The predicted octanol–water partition coefficient (Wildman–Crippen LogP) is 5.90. The van der Waals surface area contributed by atoms with E-state index in [1.165, 1.54) is 7.05 Å². The van der Waals surface area contributed by atoms with Crippen molar-refractivity contribution < 1.29 is 14.3 Å². The van der Waals surface area contributed by atoms with Crippen LogP contribution in [0.1, 0.15) is 35.2 Å². The lowest BCUT2D eigenvalue weighted by atomic mass is 9.92. The summed E-state index contributed by atoms with van der Waals surface area (Å²) in [5.41, 5.74) is 2.66. The molecule has 0 saturated carbocycles. The zero-order valence-electron chi connectivity index (χ0n) is 19.6. The summed E-state index contributed by atoms with van der Waals surface area (Å²) in [6.07, 6.45) is 2.06. The fourth-order valence-electron chi connectivity index (χ4n) is 3.86. The van der Waals surface area contributed by atoms with Gasteiger partial charge in [0, 0.05) is 17.6 Å². The minimum absolute atomic E-state index is 0.148. The van der Waals surface area contributed by atoms with Gasteiger partial charge >= 0.3 is 0 Å². The van der Waals surface area contributed by atoms with Crippen molar-refractivity contribution in [2.75, 3.05) is 14.2 Å². The average Bonchev–Trinajstić information content (AvgIpc) is 2.87. The maximum Gasteiger partial charge on any atom is 0.257 e. The molecule has 0 aliphatic carbocycles. The lowest BCUT2D eigenvalue weighted by molar-refractivity contribution is -0.129. The third kappa shape index (κ3) is 6.13. The Hall–Kier alpha value is -3.53. The van der Waals surface area contributed by atoms with Gasteiger partial charge in [0.15, 0.2) is 6.19 Å². The van der Waals surface area contributed by atoms with Crippen LogP contribution in [0.2, 0.25) is 10.0 Å². The van der Waals surface area contributed by atoms with Gasteiger partial charge in [-0.2, -0.15) is 5.26 Å². The molecular formula is C27H25Cl2N3O3. The molecule has 0 radical (unpaired) electrons. The molecule has 6 nitrogen and oxygen atoms in total. The standard InChI is InChI=1S/C27H25Cl2N3O3/c1-17(19-8-5-7-11-25(19)35-3)14-24(27(34)32(2)16-30)31-26(33)21-13-12-18(15-23(21)29)20-9-4-6-10-22(20)28/h4-13,15,17,24H,14H2,1-3H3,(H,31,33)/t17?,24-/m0/s1. The number of nitrogens with zero attached hydrogens (tertiary/aromatic N) is 2. The quantitative estimate of drug-likeness (QED) is 0.302. The first-order valence-corrected chi connectivity index (χ1v) is 11.7. The van der Waals surface area contributed by atoms with Crippen LogP contribution < -0.4 is 10.1 Å². The van der Waals surface area contributed by atoms with Crippen LogP contribution in [-0.4, -0.2) is 36.9 Å². The highest BCUT2D eigenvalue weighted by Gasteiger charge is 2.28. The molecule has 0 aliphatic heterocycles. The van der Waals surface area contributed by atoms with Gasteiger partial charge in [0.25, 0.3) is 11.8 Å². The molecule has 0 aliphatic rings. The highest BCUT2D eigenvalue weighted by molar-refractivity contribution is 6.35. The van der Waals surface area contributed by atoms with Crippen LogP contribution in [0.4, 0.5) is 0 Å². The minimum Gasteiger partial charge on any atom is -0.496 e. The number of hydrogen-bond donors (Lipinski definition) is 1. The van der Waals surface area contributed by atoms with E-state index in [2.05, 4.69) is 5.32 Å². The maximum atomic E-state index is 13.1. The molecule has 3 rings (SSSR count). The van der Waals surface area contributed by atoms with Gasteiger partial charge in [0.05, 0.1) is 17.7 Å². The second-order valence-corrected chi connectivity index (χ2v) is 8.89. The number of carbonyl (C=O) groups excluding carboxylic acids is 2. The molecule has 0 heterocycles. The van der Waals surface area contributed by atoms with E-state index in [1.54, 1.807) is 37.6 Å². The van der Waals surface area contributed by atoms with Gasteiger partial charge in [-0.1, -0.05) is 72.6 Å².